The van der Waals surface area contributed by atoms with Crippen molar-refractivity contribution in [2.75, 3.05) is 38.2 Å². The maximum absolute atomic E-state index is 14.2. The van der Waals surface area contributed by atoms with Gasteiger partial charge in [-0.05, 0) is 49.4 Å². The van der Waals surface area contributed by atoms with Crippen LogP contribution in [0.5, 0.6) is 5.75 Å². The van der Waals surface area contributed by atoms with Crippen molar-refractivity contribution in [3.8, 4) is 5.75 Å². The van der Waals surface area contributed by atoms with E-state index in [0.717, 1.165) is 16.4 Å². The Balaban J connectivity index is 1.81. The molecule has 0 unspecified atom stereocenters. The van der Waals surface area contributed by atoms with Gasteiger partial charge in [0.2, 0.25) is 10.0 Å². The topological polar surface area (TPSA) is 84.9 Å². The van der Waals surface area contributed by atoms with Crippen molar-refractivity contribution in [3.05, 3.63) is 53.8 Å². The quantitative estimate of drug-likeness (QED) is 0.794. The van der Waals surface area contributed by atoms with Gasteiger partial charge in [-0.15, -0.1) is 0 Å². The van der Waals surface area contributed by atoms with Crippen LogP contribution in [-0.4, -0.2) is 51.5 Å². The molecule has 0 aliphatic carbocycles. The van der Waals surface area contributed by atoms with Crippen LogP contribution in [0, 0.1) is 5.82 Å². The number of nitrogens with zero attached hydrogens (tertiary/aromatic N) is 1. The van der Waals surface area contributed by atoms with E-state index in [1.165, 1.54) is 6.07 Å². The molecular formula is C19H21FN2O5S. The Morgan fingerprint density at radius 2 is 1.86 bits per heavy atom. The van der Waals surface area contributed by atoms with E-state index in [1.807, 2.05) is 6.92 Å². The van der Waals surface area contributed by atoms with Gasteiger partial charge in [0.05, 0.1) is 19.8 Å². The molecule has 0 atom stereocenters. The molecule has 150 valence electrons. The highest BCUT2D eigenvalue weighted by Crippen LogP contribution is 2.23. The second-order valence-corrected chi connectivity index (χ2v) is 7.98. The number of carbonyl (C=O) groups is 1. The molecule has 7 nitrogen and oxygen atoms in total. The van der Waals surface area contributed by atoms with E-state index < -0.39 is 26.6 Å². The van der Waals surface area contributed by atoms with Gasteiger partial charge < -0.3 is 14.8 Å². The summed E-state index contributed by atoms with van der Waals surface area (Å²) in [5, 5.41) is 2.66. The van der Waals surface area contributed by atoms with Gasteiger partial charge in [0.25, 0.3) is 5.91 Å². The minimum atomic E-state index is -4.05. The standard InChI is InChI=1S/C19H21FN2O5S/c1-2-27-16-6-4-15(5-7-16)21-19(23)14-3-8-17(20)18(13-14)28(24,25)22-9-11-26-12-10-22/h3-8,13H,2,9-12H2,1H3,(H,21,23). The van der Waals surface area contributed by atoms with Crippen LogP contribution in [0.1, 0.15) is 17.3 Å². The minimum absolute atomic E-state index is 0.0436. The first kappa shape index (κ1) is 20.2. The maximum Gasteiger partial charge on any atom is 0.255 e. The number of amides is 1. The van der Waals surface area contributed by atoms with Gasteiger partial charge in [-0.25, -0.2) is 12.8 Å². The summed E-state index contributed by atoms with van der Waals surface area (Å²) in [6, 6.07) is 10.0. The molecule has 1 aliphatic rings. The highest BCUT2D eigenvalue weighted by Gasteiger charge is 2.29. The molecule has 1 N–H and O–H groups in total. The Bertz CT molecular complexity index is 941. The van der Waals surface area contributed by atoms with Crippen LogP contribution >= 0.6 is 0 Å². The monoisotopic (exact) mass is 408 g/mol. The Labute approximate surface area is 163 Å². The van der Waals surface area contributed by atoms with E-state index in [4.69, 9.17) is 9.47 Å². The number of nitrogens with one attached hydrogen (secondary N) is 1. The molecule has 28 heavy (non-hydrogen) atoms. The number of carbonyl (C=O) groups excluding carboxylic acids is 1. The molecule has 0 spiro atoms. The number of halogens is 1. The lowest BCUT2D eigenvalue weighted by molar-refractivity contribution is 0.0729. The van der Waals surface area contributed by atoms with E-state index in [2.05, 4.69) is 5.32 Å². The van der Waals surface area contributed by atoms with Crippen molar-refractivity contribution < 1.29 is 27.1 Å². The third-order valence-corrected chi connectivity index (χ3v) is 6.12. The van der Waals surface area contributed by atoms with Crippen LogP contribution < -0.4 is 10.1 Å². The number of morpholine rings is 1. The van der Waals surface area contributed by atoms with Crippen LogP contribution in [0.3, 0.4) is 0 Å². The number of anilines is 1. The van der Waals surface area contributed by atoms with E-state index in [1.54, 1.807) is 24.3 Å². The van der Waals surface area contributed by atoms with Crippen molar-refractivity contribution in [1.29, 1.82) is 0 Å². The average Bonchev–Trinajstić information content (AvgIpc) is 2.70. The Hall–Kier alpha value is -2.49. The number of hydrogen-bond acceptors (Lipinski definition) is 5. The Kier molecular flexibility index (Phi) is 6.28. The fourth-order valence-corrected chi connectivity index (χ4v) is 4.27. The summed E-state index contributed by atoms with van der Waals surface area (Å²) in [7, 11) is -4.05. The van der Waals surface area contributed by atoms with Crippen molar-refractivity contribution >= 4 is 21.6 Å². The SMILES string of the molecule is CCOc1ccc(NC(=O)c2ccc(F)c(S(=O)(=O)N3CCOCC3)c2)cc1. The molecule has 1 saturated heterocycles. The van der Waals surface area contributed by atoms with E-state index in [-0.39, 0.29) is 31.9 Å². The number of ether oxygens (including phenoxy) is 2. The molecule has 0 radical (unpaired) electrons. The second kappa shape index (κ2) is 8.68. The normalized spacial score (nSPS) is 15.2. The molecule has 1 fully saturated rings. The molecule has 0 saturated carbocycles. The van der Waals surface area contributed by atoms with Crippen LogP contribution in [-0.2, 0) is 14.8 Å². The first-order valence-corrected chi connectivity index (χ1v) is 10.3. The molecule has 1 aliphatic heterocycles. The largest absolute Gasteiger partial charge is 0.494 e. The summed E-state index contributed by atoms with van der Waals surface area (Å²) < 4.78 is 51.3. The Morgan fingerprint density at radius 3 is 2.50 bits per heavy atom. The highest BCUT2D eigenvalue weighted by atomic mass is 32.2. The van der Waals surface area contributed by atoms with Gasteiger partial charge in [0, 0.05) is 24.3 Å². The molecule has 1 amide bonds. The zero-order valence-electron chi connectivity index (χ0n) is 15.4. The van der Waals surface area contributed by atoms with Crippen LogP contribution in [0.15, 0.2) is 47.4 Å². The summed E-state index contributed by atoms with van der Waals surface area (Å²) in [6.45, 7) is 3.18. The lowest BCUT2D eigenvalue weighted by atomic mass is 10.2. The fourth-order valence-electron chi connectivity index (χ4n) is 2.77. The first-order chi connectivity index (χ1) is 13.4. The van der Waals surface area contributed by atoms with Gasteiger partial charge in [-0.3, -0.25) is 4.79 Å². The number of hydrogen-bond donors (Lipinski definition) is 1. The lowest BCUT2D eigenvalue weighted by Gasteiger charge is -2.26. The molecule has 1 heterocycles. The molecule has 3 rings (SSSR count). The zero-order valence-corrected chi connectivity index (χ0v) is 16.2. The van der Waals surface area contributed by atoms with Crippen molar-refractivity contribution in [3.63, 3.8) is 0 Å². The van der Waals surface area contributed by atoms with E-state index in [9.17, 15) is 17.6 Å². The number of sulfonamides is 1. The van der Waals surface area contributed by atoms with Crippen LogP contribution in [0.25, 0.3) is 0 Å². The summed E-state index contributed by atoms with van der Waals surface area (Å²) in [5.74, 6) is -0.770. The van der Waals surface area contributed by atoms with Gasteiger partial charge in [0.1, 0.15) is 16.5 Å². The maximum atomic E-state index is 14.2. The molecule has 2 aromatic rings. The first-order valence-electron chi connectivity index (χ1n) is 8.83. The molecular weight excluding hydrogens is 387 g/mol. The summed E-state index contributed by atoms with van der Waals surface area (Å²) in [5.41, 5.74) is 0.553. The Morgan fingerprint density at radius 1 is 1.18 bits per heavy atom. The fraction of sp³-hybridized carbons (Fsp3) is 0.316. The molecule has 0 bridgehead atoms. The predicted octanol–water partition coefficient (Wildman–Crippen LogP) is 2.50. The van der Waals surface area contributed by atoms with Gasteiger partial charge in [-0.1, -0.05) is 0 Å². The molecule has 2 aromatic carbocycles. The smallest absolute Gasteiger partial charge is 0.255 e. The van der Waals surface area contributed by atoms with Gasteiger partial charge >= 0.3 is 0 Å². The van der Waals surface area contributed by atoms with Crippen LogP contribution in [0.2, 0.25) is 0 Å². The average molecular weight is 408 g/mol. The third-order valence-electron chi connectivity index (χ3n) is 4.20. The lowest BCUT2D eigenvalue weighted by Crippen LogP contribution is -2.41. The highest BCUT2D eigenvalue weighted by molar-refractivity contribution is 7.89. The van der Waals surface area contributed by atoms with E-state index in [0.29, 0.717) is 18.0 Å². The van der Waals surface area contributed by atoms with Crippen molar-refractivity contribution in [1.82, 2.24) is 4.31 Å². The zero-order chi connectivity index (χ0) is 20.1. The summed E-state index contributed by atoms with van der Waals surface area (Å²) in [6.07, 6.45) is 0. The summed E-state index contributed by atoms with van der Waals surface area (Å²) in [4.78, 5) is 12.0. The van der Waals surface area contributed by atoms with Crippen molar-refractivity contribution in [2.45, 2.75) is 11.8 Å². The predicted molar refractivity (Wildman–Crippen MR) is 102 cm³/mol. The molecule has 9 heteroatoms. The van der Waals surface area contributed by atoms with Gasteiger partial charge in [-0.2, -0.15) is 4.31 Å². The van der Waals surface area contributed by atoms with Gasteiger partial charge in [0.15, 0.2) is 0 Å². The second-order valence-electron chi connectivity index (χ2n) is 6.07. The van der Waals surface area contributed by atoms with Crippen LogP contribution in [0.4, 0.5) is 10.1 Å². The number of benzene rings is 2. The minimum Gasteiger partial charge on any atom is -0.494 e. The molecule has 0 aromatic heterocycles. The number of rotatable bonds is 6. The summed E-state index contributed by atoms with van der Waals surface area (Å²) >= 11 is 0. The van der Waals surface area contributed by atoms with E-state index >= 15 is 0 Å². The third kappa shape index (κ3) is 4.49. The van der Waals surface area contributed by atoms with Crippen molar-refractivity contribution in [2.24, 2.45) is 0 Å².